The molecule has 0 aliphatic heterocycles. The van der Waals surface area contributed by atoms with Crippen LogP contribution in [-0.2, 0) is 49.6 Å². The van der Waals surface area contributed by atoms with Crippen molar-refractivity contribution in [3.05, 3.63) is 36.0 Å². The number of fused-ring (bicyclic) bond motifs is 1. The fraction of sp³-hybridized carbons (Fsp3) is 0.630. The van der Waals surface area contributed by atoms with Crippen molar-refractivity contribution in [2.45, 2.75) is 128 Å². The highest BCUT2D eigenvalue weighted by atomic mass is 33.1. The first-order valence-electron chi connectivity index (χ1n) is 23.0. The molecule has 0 aliphatic carbocycles. The first-order valence-corrected chi connectivity index (χ1v) is 25.9. The third-order valence-electron chi connectivity index (χ3n) is 11.3. The monoisotopic (exact) mass is 1040 g/mol. The van der Waals surface area contributed by atoms with Gasteiger partial charge in [0.1, 0.15) is 41.8 Å². The van der Waals surface area contributed by atoms with E-state index >= 15 is 0 Å². The molecule has 2 rings (SSSR count). The molecule has 0 radical (unpaired) electrons. The maximum atomic E-state index is 14.7. The van der Waals surface area contributed by atoms with Gasteiger partial charge in [0.15, 0.2) is 11.6 Å². The predicted molar refractivity (Wildman–Crippen MR) is 272 cm³/mol. The lowest BCUT2D eigenvalue weighted by Gasteiger charge is -2.28. The molecule has 21 nitrogen and oxygen atoms in total. The third kappa shape index (κ3) is 20.4. The van der Waals surface area contributed by atoms with Gasteiger partial charge in [-0.25, -0.2) is 4.72 Å². The number of primary amides is 1. The van der Waals surface area contributed by atoms with Crippen molar-refractivity contribution >= 4 is 98.0 Å². The standard InChI is InChI=1S/C46H73N9O12S3/c1-24(2)39(61)40(62)36(69-70-55-35(23-68)44(66)51-21-37(60)54-38(26(4)58)42(47)64)18-27(13-14-29(59)20-50-31(25(3)57)15-16-48-8)43(65)52-33(17-28-19-49-32-12-10-9-11-30(28)32)45(67)53-34(22-56)41(63)46(5,6)7/h9-12,19,24,26-27,31,33-36,38-39,48-50,55-56,58,61,68H,13-18,20-23H2,1-8H3,(H2,47,64)(H,51,66)(H,52,65)(H,53,67)(H,54,60)/t26-,27-,31+,33+,34+,35?,36?,38+,39+/m1/s1. The van der Waals surface area contributed by atoms with E-state index in [0.29, 0.717) is 18.5 Å². The molecule has 13 N–H and O–H groups in total. The highest BCUT2D eigenvalue weighted by molar-refractivity contribution is 8.76. The Morgan fingerprint density at radius 1 is 0.857 bits per heavy atom. The maximum Gasteiger partial charge on any atom is 0.243 e. The van der Waals surface area contributed by atoms with Crippen LogP contribution in [-0.4, -0.2) is 160 Å². The number of aromatic amines is 1. The second-order valence-corrected chi connectivity index (χ2v) is 21.1. The van der Waals surface area contributed by atoms with Crippen LogP contribution in [0.2, 0.25) is 0 Å². The number of ketones is 4. The summed E-state index contributed by atoms with van der Waals surface area (Å²) in [5, 5.41) is 46.6. The molecule has 24 heteroatoms. The van der Waals surface area contributed by atoms with Crippen molar-refractivity contribution in [2.24, 2.45) is 23.0 Å². The van der Waals surface area contributed by atoms with Crippen LogP contribution in [0.25, 0.3) is 10.9 Å². The number of H-pyrrole nitrogens is 1. The van der Waals surface area contributed by atoms with Gasteiger partial charge in [-0.1, -0.05) is 63.6 Å². The summed E-state index contributed by atoms with van der Waals surface area (Å²) in [7, 11) is 3.44. The number of amides is 5. The Kier molecular flexibility index (Phi) is 26.9. The summed E-state index contributed by atoms with van der Waals surface area (Å²) in [6, 6.07) is 1.54. The lowest BCUT2D eigenvalue weighted by atomic mass is 9.86. The number of nitrogens with two attached hydrogens (primary N) is 1. The zero-order valence-corrected chi connectivity index (χ0v) is 43.6. The number of nitrogens with one attached hydrogen (secondary N) is 8. The van der Waals surface area contributed by atoms with Gasteiger partial charge in [-0.15, -0.1) is 0 Å². The Labute approximate surface area is 422 Å². The molecule has 2 aromatic rings. The van der Waals surface area contributed by atoms with E-state index in [4.69, 9.17) is 5.73 Å². The third-order valence-corrected chi connectivity index (χ3v) is 14.0. The van der Waals surface area contributed by atoms with Gasteiger partial charge in [0, 0.05) is 47.0 Å². The largest absolute Gasteiger partial charge is 0.394 e. The molecule has 1 aromatic heterocycles. The highest BCUT2D eigenvalue weighted by Gasteiger charge is 2.37. The van der Waals surface area contributed by atoms with Gasteiger partial charge in [0.05, 0.1) is 37.1 Å². The number of aromatic nitrogens is 1. The van der Waals surface area contributed by atoms with Gasteiger partial charge in [-0.2, -0.15) is 12.6 Å². The van der Waals surface area contributed by atoms with E-state index in [1.54, 1.807) is 53.9 Å². The lowest BCUT2D eigenvalue weighted by Crippen LogP contribution is -2.56. The topological polar surface area (TPSA) is 340 Å². The molecular formula is C46H73N9O12S3. The number of aliphatic hydroxyl groups is 3. The number of hydrogen-bond acceptors (Lipinski definition) is 18. The summed E-state index contributed by atoms with van der Waals surface area (Å²) < 4.78 is 2.87. The maximum absolute atomic E-state index is 14.7. The Bertz CT molecular complexity index is 2100. The molecule has 9 atom stereocenters. The van der Waals surface area contributed by atoms with Crippen LogP contribution in [0.3, 0.4) is 0 Å². The van der Waals surface area contributed by atoms with Gasteiger partial charge in [0.2, 0.25) is 29.5 Å². The smallest absolute Gasteiger partial charge is 0.243 e. The van der Waals surface area contributed by atoms with Crippen LogP contribution in [0, 0.1) is 17.3 Å². The molecule has 0 aliphatic rings. The molecule has 0 saturated heterocycles. The lowest BCUT2D eigenvalue weighted by molar-refractivity contribution is -0.135. The molecule has 0 fully saturated rings. The van der Waals surface area contributed by atoms with Crippen LogP contribution in [0.5, 0.6) is 0 Å². The van der Waals surface area contributed by atoms with E-state index in [-0.39, 0.29) is 49.5 Å². The van der Waals surface area contributed by atoms with Gasteiger partial charge in [0.25, 0.3) is 0 Å². The minimum absolute atomic E-state index is 0.0812. The first-order chi connectivity index (χ1) is 32.9. The minimum atomic E-state index is -1.50. The summed E-state index contributed by atoms with van der Waals surface area (Å²) in [5.41, 5.74) is 5.68. The van der Waals surface area contributed by atoms with E-state index < -0.39 is 119 Å². The van der Waals surface area contributed by atoms with Crippen molar-refractivity contribution in [3.8, 4) is 0 Å². The number of thiol groups is 1. The van der Waals surface area contributed by atoms with Crippen LogP contribution in [0.1, 0.15) is 79.7 Å². The number of para-hydroxylation sites is 1. The Hall–Kier alpha value is -4.40. The number of rotatable bonds is 34. The molecule has 392 valence electrons. The van der Waals surface area contributed by atoms with E-state index in [0.717, 1.165) is 32.7 Å². The normalized spacial score (nSPS) is 15.6. The minimum Gasteiger partial charge on any atom is -0.394 e. The second kappa shape index (κ2) is 30.5. The zero-order valence-electron chi connectivity index (χ0n) is 41.1. The van der Waals surface area contributed by atoms with Gasteiger partial charge in [-0.3, -0.25) is 43.2 Å². The van der Waals surface area contributed by atoms with E-state index in [1.165, 1.54) is 13.8 Å². The molecule has 70 heavy (non-hydrogen) atoms. The second-order valence-electron chi connectivity index (χ2n) is 18.4. The Balaban J connectivity index is 2.52. The highest BCUT2D eigenvalue weighted by Crippen LogP contribution is 2.33. The fourth-order valence-electron chi connectivity index (χ4n) is 7.01. The van der Waals surface area contributed by atoms with Gasteiger partial charge >= 0.3 is 0 Å². The number of Topliss-reactive ketones (excluding diaryl/α,β-unsaturated/α-hetero) is 4. The molecule has 0 saturated carbocycles. The average Bonchev–Trinajstić information content (AvgIpc) is 3.71. The first kappa shape index (κ1) is 61.7. The van der Waals surface area contributed by atoms with Crippen molar-refractivity contribution in [1.82, 2.24) is 41.6 Å². The molecule has 0 spiro atoms. The number of hydrogen-bond donors (Lipinski definition) is 13. The molecule has 0 bridgehead atoms. The fourth-order valence-corrected chi connectivity index (χ4v) is 9.79. The van der Waals surface area contributed by atoms with E-state index in [2.05, 4.69) is 54.2 Å². The number of carbonyl (C=O) groups is 9. The van der Waals surface area contributed by atoms with Crippen molar-refractivity contribution in [3.63, 3.8) is 0 Å². The van der Waals surface area contributed by atoms with Crippen molar-refractivity contribution < 1.29 is 58.5 Å². The van der Waals surface area contributed by atoms with Crippen LogP contribution >= 0.6 is 34.4 Å². The van der Waals surface area contributed by atoms with Gasteiger partial charge < -0.3 is 57.9 Å². The van der Waals surface area contributed by atoms with Crippen LogP contribution in [0.4, 0.5) is 0 Å². The van der Waals surface area contributed by atoms with Gasteiger partial charge in [-0.05, 0) is 75.2 Å². The van der Waals surface area contributed by atoms with Crippen LogP contribution in [0.15, 0.2) is 30.5 Å². The number of benzene rings is 1. The predicted octanol–water partition coefficient (Wildman–Crippen LogP) is -0.594. The summed E-state index contributed by atoms with van der Waals surface area (Å²) >= 11 is 4.24. The summed E-state index contributed by atoms with van der Waals surface area (Å²) in [5.74, 6) is -7.51. The Morgan fingerprint density at radius 2 is 1.51 bits per heavy atom. The van der Waals surface area contributed by atoms with E-state index in [1.807, 2.05) is 18.2 Å². The molecule has 1 heterocycles. The van der Waals surface area contributed by atoms with Crippen molar-refractivity contribution in [2.75, 3.05) is 39.0 Å². The number of aliphatic hydroxyl groups excluding tert-OH is 3. The summed E-state index contributed by atoms with van der Waals surface area (Å²) in [6.07, 6.45) is -1.41. The quantitative estimate of drug-likeness (QED) is 0.0237. The van der Waals surface area contributed by atoms with Crippen molar-refractivity contribution in [1.29, 1.82) is 0 Å². The average molecular weight is 1040 g/mol. The SMILES string of the molecule is CNCC[C@H](NCC(=O)CC[C@H](CC(SSNC(CS)C(=O)NCC(=O)N[C@H](C(N)=O)[C@@H](C)O)C(=O)[C@@H](O)C(C)C)C(=O)N[C@@H](Cc1c[nH]c2ccccc12)C(=O)N[C@@H](CO)C(=O)C(C)(C)C)C(C)=O. The summed E-state index contributed by atoms with van der Waals surface area (Å²) in [6.45, 7) is 9.81. The number of carbonyl (C=O) groups excluding carboxylic acids is 9. The molecule has 1 aromatic carbocycles. The van der Waals surface area contributed by atoms with Crippen LogP contribution < -0.4 is 42.4 Å². The molecule has 5 amide bonds. The zero-order chi connectivity index (χ0) is 52.9. The summed E-state index contributed by atoms with van der Waals surface area (Å²) in [4.78, 5) is 122. The molecular weight excluding hydrogens is 967 g/mol. The van der Waals surface area contributed by atoms with E-state index in [9.17, 15) is 58.5 Å². The molecule has 2 unspecified atom stereocenters. The Morgan fingerprint density at radius 3 is 2.09 bits per heavy atom.